The van der Waals surface area contributed by atoms with Crippen LogP contribution in [0.4, 0.5) is 0 Å². The number of aliphatic hydroxyl groups is 1. The van der Waals surface area contributed by atoms with E-state index >= 15 is 0 Å². The summed E-state index contributed by atoms with van der Waals surface area (Å²) in [7, 11) is 1.67. The van der Waals surface area contributed by atoms with Gasteiger partial charge in [-0.3, -0.25) is 0 Å². The third kappa shape index (κ3) is 3.72. The SMILES string of the molecule is COc1cc(C(C)C)ccc1C(N)CCCO. The maximum absolute atomic E-state index is 8.82. The first kappa shape index (κ1) is 14.0. The average molecular weight is 237 g/mol. The smallest absolute Gasteiger partial charge is 0.123 e. The van der Waals surface area contributed by atoms with Gasteiger partial charge in [-0.25, -0.2) is 0 Å². The maximum Gasteiger partial charge on any atom is 0.123 e. The minimum Gasteiger partial charge on any atom is -0.496 e. The Bertz CT molecular complexity index is 350. The zero-order valence-corrected chi connectivity index (χ0v) is 10.9. The lowest BCUT2D eigenvalue weighted by Gasteiger charge is -2.17. The molecule has 1 unspecified atom stereocenters. The molecule has 0 aromatic heterocycles. The first-order chi connectivity index (χ1) is 8.10. The van der Waals surface area contributed by atoms with Crippen molar-refractivity contribution in [3.05, 3.63) is 29.3 Å². The van der Waals surface area contributed by atoms with E-state index in [1.807, 2.05) is 6.07 Å². The number of benzene rings is 1. The van der Waals surface area contributed by atoms with Crippen LogP contribution in [0.1, 0.15) is 49.8 Å². The molecule has 0 radical (unpaired) electrons. The van der Waals surface area contributed by atoms with Crippen LogP contribution < -0.4 is 10.5 Å². The van der Waals surface area contributed by atoms with Crippen LogP contribution in [0.3, 0.4) is 0 Å². The maximum atomic E-state index is 8.82. The van der Waals surface area contributed by atoms with E-state index < -0.39 is 0 Å². The highest BCUT2D eigenvalue weighted by Crippen LogP contribution is 2.29. The highest BCUT2D eigenvalue weighted by atomic mass is 16.5. The molecule has 0 heterocycles. The minimum absolute atomic E-state index is 0.0710. The molecule has 0 bridgehead atoms. The lowest BCUT2D eigenvalue weighted by Crippen LogP contribution is -2.12. The number of methoxy groups -OCH3 is 1. The third-order valence-electron chi connectivity index (χ3n) is 3.00. The Labute approximate surface area is 104 Å². The van der Waals surface area contributed by atoms with Gasteiger partial charge in [0.15, 0.2) is 0 Å². The Kier molecular flexibility index (Phi) is 5.45. The van der Waals surface area contributed by atoms with Crippen molar-refractivity contribution >= 4 is 0 Å². The van der Waals surface area contributed by atoms with Crippen molar-refractivity contribution in [1.29, 1.82) is 0 Å². The highest BCUT2D eigenvalue weighted by Gasteiger charge is 2.13. The summed E-state index contributed by atoms with van der Waals surface area (Å²) in [4.78, 5) is 0. The van der Waals surface area contributed by atoms with Gasteiger partial charge in [-0.05, 0) is 30.4 Å². The fraction of sp³-hybridized carbons (Fsp3) is 0.571. The number of nitrogens with two attached hydrogens (primary N) is 1. The van der Waals surface area contributed by atoms with Crippen molar-refractivity contribution in [3.8, 4) is 5.75 Å². The Morgan fingerprint density at radius 1 is 1.35 bits per heavy atom. The van der Waals surface area contributed by atoms with Crippen LogP contribution in [0.15, 0.2) is 18.2 Å². The van der Waals surface area contributed by atoms with Crippen LogP contribution in [0.5, 0.6) is 5.75 Å². The summed E-state index contributed by atoms with van der Waals surface area (Å²) in [5.41, 5.74) is 8.36. The summed E-state index contributed by atoms with van der Waals surface area (Å²) in [6, 6.07) is 6.12. The molecular formula is C14H23NO2. The largest absolute Gasteiger partial charge is 0.496 e. The van der Waals surface area contributed by atoms with Crippen LogP contribution >= 0.6 is 0 Å². The van der Waals surface area contributed by atoms with Crippen molar-refractivity contribution in [2.24, 2.45) is 5.73 Å². The molecule has 1 aromatic rings. The molecule has 0 aliphatic heterocycles. The monoisotopic (exact) mass is 237 g/mol. The molecule has 1 rings (SSSR count). The molecule has 0 amide bonds. The lowest BCUT2D eigenvalue weighted by molar-refractivity contribution is 0.279. The summed E-state index contributed by atoms with van der Waals surface area (Å²) >= 11 is 0. The number of aliphatic hydroxyl groups excluding tert-OH is 1. The van der Waals surface area contributed by atoms with Crippen LogP contribution in [0, 0.1) is 0 Å². The van der Waals surface area contributed by atoms with E-state index in [-0.39, 0.29) is 12.6 Å². The second kappa shape index (κ2) is 6.62. The normalized spacial score (nSPS) is 12.8. The summed E-state index contributed by atoms with van der Waals surface area (Å²) in [5.74, 6) is 1.33. The fourth-order valence-corrected chi connectivity index (χ4v) is 1.86. The summed E-state index contributed by atoms with van der Waals surface area (Å²) in [6.45, 7) is 4.49. The predicted molar refractivity (Wildman–Crippen MR) is 70.3 cm³/mol. The predicted octanol–water partition coefficient (Wildman–Crippen LogP) is 2.59. The third-order valence-corrected chi connectivity index (χ3v) is 3.00. The topological polar surface area (TPSA) is 55.5 Å². The molecule has 96 valence electrons. The Morgan fingerprint density at radius 2 is 2.06 bits per heavy atom. The molecule has 1 aromatic carbocycles. The zero-order chi connectivity index (χ0) is 12.8. The number of hydrogen-bond donors (Lipinski definition) is 2. The second-order valence-corrected chi connectivity index (χ2v) is 4.63. The van der Waals surface area contributed by atoms with Crippen LogP contribution in [-0.2, 0) is 0 Å². The van der Waals surface area contributed by atoms with E-state index in [4.69, 9.17) is 15.6 Å². The quantitative estimate of drug-likeness (QED) is 0.799. The molecule has 3 nitrogen and oxygen atoms in total. The van der Waals surface area contributed by atoms with Gasteiger partial charge in [-0.1, -0.05) is 26.0 Å². The van der Waals surface area contributed by atoms with Crippen LogP contribution in [0.25, 0.3) is 0 Å². The second-order valence-electron chi connectivity index (χ2n) is 4.63. The van der Waals surface area contributed by atoms with Crippen molar-refractivity contribution in [3.63, 3.8) is 0 Å². The molecule has 0 aliphatic carbocycles. The van der Waals surface area contributed by atoms with Gasteiger partial charge < -0.3 is 15.6 Å². The number of hydrogen-bond acceptors (Lipinski definition) is 3. The van der Waals surface area contributed by atoms with E-state index in [9.17, 15) is 0 Å². The van der Waals surface area contributed by atoms with Gasteiger partial charge in [-0.15, -0.1) is 0 Å². The van der Waals surface area contributed by atoms with Gasteiger partial charge in [0.25, 0.3) is 0 Å². The Balaban J connectivity index is 2.91. The number of ether oxygens (including phenoxy) is 1. The molecule has 0 fully saturated rings. The van der Waals surface area contributed by atoms with E-state index in [0.29, 0.717) is 5.92 Å². The molecule has 3 N–H and O–H groups in total. The molecule has 0 saturated heterocycles. The van der Waals surface area contributed by atoms with Crippen LogP contribution in [0.2, 0.25) is 0 Å². The standard InChI is InChI=1S/C14H23NO2/c1-10(2)11-6-7-12(14(9-11)17-3)13(15)5-4-8-16/h6-7,9-10,13,16H,4-5,8,15H2,1-3H3. The van der Waals surface area contributed by atoms with Crippen molar-refractivity contribution in [2.75, 3.05) is 13.7 Å². The molecule has 1 atom stereocenters. The number of rotatable bonds is 6. The van der Waals surface area contributed by atoms with Gasteiger partial charge in [0, 0.05) is 18.2 Å². The van der Waals surface area contributed by atoms with E-state index in [1.54, 1.807) is 7.11 Å². The van der Waals surface area contributed by atoms with Gasteiger partial charge in [0.1, 0.15) is 5.75 Å². The van der Waals surface area contributed by atoms with Gasteiger partial charge in [0.2, 0.25) is 0 Å². The van der Waals surface area contributed by atoms with Gasteiger partial charge in [0.05, 0.1) is 7.11 Å². The van der Waals surface area contributed by atoms with Crippen LogP contribution in [-0.4, -0.2) is 18.8 Å². The molecule has 17 heavy (non-hydrogen) atoms. The van der Waals surface area contributed by atoms with Crippen molar-refractivity contribution in [2.45, 2.75) is 38.6 Å². The first-order valence-electron chi connectivity index (χ1n) is 6.14. The summed E-state index contributed by atoms with van der Waals surface area (Å²) < 4.78 is 5.39. The highest BCUT2D eigenvalue weighted by molar-refractivity contribution is 5.40. The van der Waals surface area contributed by atoms with Gasteiger partial charge in [-0.2, -0.15) is 0 Å². The Morgan fingerprint density at radius 3 is 2.59 bits per heavy atom. The fourth-order valence-electron chi connectivity index (χ4n) is 1.86. The first-order valence-corrected chi connectivity index (χ1v) is 6.14. The van der Waals surface area contributed by atoms with E-state index in [0.717, 1.165) is 24.2 Å². The summed E-state index contributed by atoms with van der Waals surface area (Å²) in [5, 5.41) is 8.82. The van der Waals surface area contributed by atoms with Crippen molar-refractivity contribution in [1.82, 2.24) is 0 Å². The summed E-state index contributed by atoms with van der Waals surface area (Å²) in [6.07, 6.45) is 1.49. The molecular weight excluding hydrogens is 214 g/mol. The molecule has 3 heteroatoms. The van der Waals surface area contributed by atoms with Crippen molar-refractivity contribution < 1.29 is 9.84 Å². The average Bonchev–Trinajstić information content (AvgIpc) is 2.34. The van der Waals surface area contributed by atoms with Gasteiger partial charge >= 0.3 is 0 Å². The molecule has 0 aliphatic rings. The van der Waals surface area contributed by atoms with E-state index in [2.05, 4.69) is 26.0 Å². The van der Waals surface area contributed by atoms with E-state index in [1.165, 1.54) is 5.56 Å². The minimum atomic E-state index is -0.0710. The zero-order valence-electron chi connectivity index (χ0n) is 10.9. The molecule has 0 spiro atoms. The molecule has 0 saturated carbocycles. The lowest BCUT2D eigenvalue weighted by atomic mass is 9.96. The Hall–Kier alpha value is -1.06.